The number of unbranched alkanes of at least 4 members (excludes halogenated alkanes) is 5. The molecule has 1 amide bonds. The molecule has 1 fully saturated rings. The summed E-state index contributed by atoms with van der Waals surface area (Å²) in [7, 11) is -3.14. The fourth-order valence-corrected chi connectivity index (χ4v) is 6.10. The van der Waals surface area contributed by atoms with Crippen molar-refractivity contribution in [3.8, 4) is 0 Å². The van der Waals surface area contributed by atoms with Crippen LogP contribution in [-0.2, 0) is 14.6 Å². The molecule has 0 aliphatic carbocycles. The molecule has 0 spiro atoms. The molecule has 0 aromatic rings. The number of primary amides is 1. The van der Waals surface area contributed by atoms with Crippen molar-refractivity contribution >= 4 is 15.7 Å². The lowest BCUT2D eigenvalue weighted by molar-refractivity contribution is -0.122. The maximum atomic E-state index is 12.2. The molecular weight excluding hydrogens is 286 g/mol. The van der Waals surface area contributed by atoms with Crippen LogP contribution in [0.5, 0.6) is 0 Å². The van der Waals surface area contributed by atoms with Crippen molar-refractivity contribution in [2.75, 3.05) is 5.75 Å². The third kappa shape index (κ3) is 5.28. The molecule has 0 saturated carbocycles. The molecule has 1 aliphatic rings. The van der Waals surface area contributed by atoms with E-state index in [2.05, 4.69) is 6.92 Å². The van der Waals surface area contributed by atoms with Crippen molar-refractivity contribution in [3.63, 3.8) is 0 Å². The largest absolute Gasteiger partial charge is 0.369 e. The molecule has 1 saturated heterocycles. The van der Waals surface area contributed by atoms with E-state index in [4.69, 9.17) is 5.73 Å². The minimum absolute atomic E-state index is 0.0844. The summed E-state index contributed by atoms with van der Waals surface area (Å²) >= 11 is 0. The third-order valence-corrected chi connectivity index (χ3v) is 7.16. The number of rotatable bonds is 10. The number of sulfone groups is 1. The molecule has 0 aromatic heterocycles. The Morgan fingerprint density at radius 1 is 1.14 bits per heavy atom. The summed E-state index contributed by atoms with van der Waals surface area (Å²) < 4.78 is 24.5. The Labute approximate surface area is 129 Å². The van der Waals surface area contributed by atoms with Crippen LogP contribution in [0.4, 0.5) is 0 Å². The average Bonchev–Trinajstić information content (AvgIpc) is 2.74. The number of amides is 1. The smallest absolute Gasteiger partial charge is 0.221 e. The van der Waals surface area contributed by atoms with E-state index in [9.17, 15) is 13.2 Å². The fraction of sp³-hybridized carbons (Fsp3) is 0.938. The standard InChI is InChI=1S/C16H31NO3S/c1-3-5-6-7-8-9-10-13(4-2)15-14(16(17)18)11-12-21(15,19)20/h13-15H,3-12H2,1-2H3,(H2,17,18). The Balaban J connectivity index is 2.54. The highest BCUT2D eigenvalue weighted by Crippen LogP contribution is 2.36. The van der Waals surface area contributed by atoms with Crippen LogP contribution in [0.25, 0.3) is 0 Å². The molecule has 1 aliphatic heterocycles. The molecule has 124 valence electrons. The molecule has 0 bridgehead atoms. The summed E-state index contributed by atoms with van der Waals surface area (Å²) in [5.41, 5.74) is 5.41. The summed E-state index contributed by atoms with van der Waals surface area (Å²) in [6.45, 7) is 4.22. The zero-order valence-electron chi connectivity index (χ0n) is 13.5. The molecule has 4 nitrogen and oxygen atoms in total. The molecule has 3 unspecified atom stereocenters. The first kappa shape index (κ1) is 18.5. The van der Waals surface area contributed by atoms with E-state index in [0.717, 1.165) is 25.7 Å². The van der Waals surface area contributed by atoms with Gasteiger partial charge in [0.2, 0.25) is 5.91 Å². The van der Waals surface area contributed by atoms with Crippen LogP contribution < -0.4 is 5.73 Å². The lowest BCUT2D eigenvalue weighted by atomic mass is 9.86. The van der Waals surface area contributed by atoms with Crippen LogP contribution in [0.3, 0.4) is 0 Å². The second-order valence-electron chi connectivity index (χ2n) is 6.35. The SMILES string of the molecule is CCCCCCCCC(CC)C1C(C(N)=O)CCS1(=O)=O. The van der Waals surface area contributed by atoms with E-state index < -0.39 is 26.9 Å². The molecule has 3 atom stereocenters. The number of carbonyl (C=O) groups excluding carboxylic acids is 1. The molecule has 0 aromatic carbocycles. The number of carbonyl (C=O) groups is 1. The molecular formula is C16H31NO3S. The van der Waals surface area contributed by atoms with Crippen molar-refractivity contribution in [1.82, 2.24) is 0 Å². The Hall–Kier alpha value is -0.580. The molecule has 2 N–H and O–H groups in total. The Morgan fingerprint density at radius 3 is 2.33 bits per heavy atom. The van der Waals surface area contributed by atoms with Gasteiger partial charge < -0.3 is 5.73 Å². The van der Waals surface area contributed by atoms with Gasteiger partial charge in [-0.3, -0.25) is 4.79 Å². The van der Waals surface area contributed by atoms with Crippen molar-refractivity contribution in [2.24, 2.45) is 17.6 Å². The molecule has 1 heterocycles. The second-order valence-corrected chi connectivity index (χ2v) is 8.63. The topological polar surface area (TPSA) is 77.2 Å². The normalized spacial score (nSPS) is 25.8. The summed E-state index contributed by atoms with van der Waals surface area (Å²) in [6.07, 6.45) is 9.33. The first-order valence-corrected chi connectivity index (χ1v) is 10.2. The van der Waals surface area contributed by atoms with E-state index in [1.54, 1.807) is 0 Å². The highest BCUT2D eigenvalue weighted by molar-refractivity contribution is 7.92. The van der Waals surface area contributed by atoms with Gasteiger partial charge in [-0.25, -0.2) is 8.42 Å². The van der Waals surface area contributed by atoms with Crippen LogP contribution in [-0.4, -0.2) is 25.3 Å². The molecule has 21 heavy (non-hydrogen) atoms. The van der Waals surface area contributed by atoms with Crippen LogP contribution >= 0.6 is 0 Å². The van der Waals surface area contributed by atoms with Gasteiger partial charge in [-0.2, -0.15) is 0 Å². The Morgan fingerprint density at radius 2 is 1.76 bits per heavy atom. The quantitative estimate of drug-likeness (QED) is 0.629. The molecule has 5 heteroatoms. The minimum Gasteiger partial charge on any atom is -0.369 e. The lowest BCUT2D eigenvalue weighted by Gasteiger charge is -2.25. The van der Waals surface area contributed by atoms with Gasteiger partial charge in [0.25, 0.3) is 0 Å². The van der Waals surface area contributed by atoms with Gasteiger partial charge in [0.1, 0.15) is 0 Å². The number of hydrogen-bond acceptors (Lipinski definition) is 3. The van der Waals surface area contributed by atoms with Crippen LogP contribution in [0.15, 0.2) is 0 Å². The first-order valence-electron chi connectivity index (χ1n) is 8.44. The van der Waals surface area contributed by atoms with Gasteiger partial charge in [-0.05, 0) is 18.8 Å². The predicted octanol–water partition coefficient (Wildman–Crippen LogP) is 3.05. The number of nitrogens with two attached hydrogens (primary N) is 1. The zero-order valence-corrected chi connectivity index (χ0v) is 14.3. The van der Waals surface area contributed by atoms with Gasteiger partial charge in [-0.15, -0.1) is 0 Å². The highest BCUT2D eigenvalue weighted by atomic mass is 32.2. The molecule has 0 radical (unpaired) electrons. The van der Waals surface area contributed by atoms with Crippen molar-refractivity contribution in [1.29, 1.82) is 0 Å². The molecule has 1 rings (SSSR count). The van der Waals surface area contributed by atoms with Crippen LogP contribution in [0.2, 0.25) is 0 Å². The fourth-order valence-electron chi connectivity index (χ4n) is 3.56. The number of hydrogen-bond donors (Lipinski definition) is 1. The maximum Gasteiger partial charge on any atom is 0.221 e. The van der Waals surface area contributed by atoms with E-state index in [1.807, 2.05) is 6.92 Å². The van der Waals surface area contributed by atoms with E-state index in [1.165, 1.54) is 25.7 Å². The van der Waals surface area contributed by atoms with Crippen molar-refractivity contribution < 1.29 is 13.2 Å². The summed E-state index contributed by atoms with van der Waals surface area (Å²) in [6, 6.07) is 0. The van der Waals surface area contributed by atoms with Gasteiger partial charge in [0.05, 0.1) is 16.9 Å². The van der Waals surface area contributed by atoms with Gasteiger partial charge in [0.15, 0.2) is 9.84 Å². The minimum atomic E-state index is -3.14. The summed E-state index contributed by atoms with van der Waals surface area (Å²) in [5, 5.41) is -0.532. The monoisotopic (exact) mass is 317 g/mol. The maximum absolute atomic E-state index is 12.2. The van der Waals surface area contributed by atoms with E-state index >= 15 is 0 Å². The predicted molar refractivity (Wildman–Crippen MR) is 86.7 cm³/mol. The van der Waals surface area contributed by atoms with Crippen molar-refractivity contribution in [3.05, 3.63) is 0 Å². The van der Waals surface area contributed by atoms with E-state index in [0.29, 0.717) is 6.42 Å². The van der Waals surface area contributed by atoms with Gasteiger partial charge >= 0.3 is 0 Å². The highest BCUT2D eigenvalue weighted by Gasteiger charge is 2.46. The van der Waals surface area contributed by atoms with Crippen LogP contribution in [0.1, 0.15) is 71.6 Å². The first-order chi connectivity index (χ1) is 9.94. The van der Waals surface area contributed by atoms with E-state index in [-0.39, 0.29) is 11.7 Å². The van der Waals surface area contributed by atoms with Gasteiger partial charge in [-0.1, -0.05) is 58.8 Å². The lowest BCUT2D eigenvalue weighted by Crippen LogP contribution is -2.38. The van der Waals surface area contributed by atoms with Crippen molar-refractivity contribution in [2.45, 2.75) is 76.9 Å². The van der Waals surface area contributed by atoms with Gasteiger partial charge in [0, 0.05) is 0 Å². The Bertz CT molecular complexity index is 419. The summed E-state index contributed by atoms with van der Waals surface area (Å²) in [5.74, 6) is -0.707. The summed E-state index contributed by atoms with van der Waals surface area (Å²) in [4.78, 5) is 11.5. The van der Waals surface area contributed by atoms with Crippen LogP contribution in [0, 0.1) is 11.8 Å². The zero-order chi connectivity index (χ0) is 15.9. The second kappa shape index (κ2) is 8.76. The third-order valence-electron chi connectivity index (χ3n) is 4.81. The average molecular weight is 317 g/mol. The Kier molecular flexibility index (Phi) is 7.71.